The van der Waals surface area contributed by atoms with Gasteiger partial charge in [-0.25, -0.2) is 13.1 Å². The Bertz CT molecular complexity index is 452. The van der Waals surface area contributed by atoms with Gasteiger partial charge in [-0.2, -0.15) is 5.10 Å². The van der Waals surface area contributed by atoms with E-state index >= 15 is 0 Å². The second-order valence-electron chi connectivity index (χ2n) is 3.62. The Labute approximate surface area is 93.5 Å². The summed E-state index contributed by atoms with van der Waals surface area (Å²) in [5, 5.41) is 15.8. The summed E-state index contributed by atoms with van der Waals surface area (Å²) in [7, 11) is -3.48. The van der Waals surface area contributed by atoms with Crippen LogP contribution in [0.2, 0.25) is 0 Å². The van der Waals surface area contributed by atoms with E-state index in [-0.39, 0.29) is 11.8 Å². The maximum Gasteiger partial charge on any atom is 0.236 e. The summed E-state index contributed by atoms with van der Waals surface area (Å²) < 4.78 is 26.9. The molecular formula is C8H14N4O3S. The van der Waals surface area contributed by atoms with E-state index in [1.165, 1.54) is 0 Å². The van der Waals surface area contributed by atoms with Crippen molar-refractivity contribution >= 4 is 15.8 Å². The lowest BCUT2D eigenvalue weighted by Crippen LogP contribution is -2.44. The van der Waals surface area contributed by atoms with Gasteiger partial charge in [0.2, 0.25) is 10.0 Å². The van der Waals surface area contributed by atoms with Crippen molar-refractivity contribution < 1.29 is 13.5 Å². The normalized spacial score (nSPS) is 17.1. The minimum absolute atomic E-state index is 0.196. The van der Waals surface area contributed by atoms with Crippen LogP contribution in [0.15, 0.2) is 12.3 Å². The zero-order valence-electron chi connectivity index (χ0n) is 8.63. The number of anilines is 1. The van der Waals surface area contributed by atoms with E-state index in [2.05, 4.69) is 15.1 Å². The summed E-state index contributed by atoms with van der Waals surface area (Å²) in [5.41, 5.74) is 0. The number of aromatic nitrogens is 2. The van der Waals surface area contributed by atoms with E-state index in [9.17, 15) is 8.42 Å². The van der Waals surface area contributed by atoms with E-state index in [4.69, 9.17) is 5.11 Å². The topological polar surface area (TPSA) is 96.2 Å². The third kappa shape index (κ3) is 2.34. The fraction of sp³-hybridized carbons (Fsp3) is 0.625. The number of nitrogens with zero attached hydrogens (tertiary/aromatic N) is 2. The summed E-state index contributed by atoms with van der Waals surface area (Å²) in [6, 6.07) is 1.80. The molecule has 0 bridgehead atoms. The summed E-state index contributed by atoms with van der Waals surface area (Å²) in [4.78, 5) is 0. The molecular weight excluding hydrogens is 232 g/mol. The van der Waals surface area contributed by atoms with E-state index in [0.29, 0.717) is 5.82 Å². The molecule has 0 amide bonds. The standard InChI is InChI=1S/C8H14N4O3S/c13-3-4-16(14,15)11-8-1-2-10-12(8)7-5-9-6-7/h1-2,7,9,11,13H,3-6H2. The predicted octanol–water partition coefficient (Wildman–Crippen LogP) is -1.24. The van der Waals surface area contributed by atoms with E-state index in [0.717, 1.165) is 13.1 Å². The largest absolute Gasteiger partial charge is 0.395 e. The van der Waals surface area contributed by atoms with Crippen LogP contribution in [0.4, 0.5) is 5.82 Å². The Morgan fingerprint density at radius 2 is 2.38 bits per heavy atom. The van der Waals surface area contributed by atoms with Crippen molar-refractivity contribution in [2.45, 2.75) is 6.04 Å². The molecule has 0 spiro atoms. The Kier molecular flexibility index (Phi) is 3.13. The molecule has 1 saturated heterocycles. The fourth-order valence-corrected chi connectivity index (χ4v) is 2.29. The molecule has 1 fully saturated rings. The first kappa shape index (κ1) is 11.4. The molecule has 0 radical (unpaired) electrons. The number of nitrogens with one attached hydrogen (secondary N) is 2. The van der Waals surface area contributed by atoms with Gasteiger partial charge in [-0.1, -0.05) is 0 Å². The third-order valence-corrected chi connectivity index (χ3v) is 3.64. The van der Waals surface area contributed by atoms with E-state index in [1.54, 1.807) is 16.9 Å². The number of aliphatic hydroxyl groups is 1. The van der Waals surface area contributed by atoms with Gasteiger partial charge in [-0.15, -0.1) is 0 Å². The van der Waals surface area contributed by atoms with Crippen LogP contribution in [0.3, 0.4) is 0 Å². The zero-order valence-corrected chi connectivity index (χ0v) is 9.44. The van der Waals surface area contributed by atoms with Gasteiger partial charge in [0.25, 0.3) is 0 Å². The molecule has 3 N–H and O–H groups in total. The van der Waals surface area contributed by atoms with Crippen LogP contribution >= 0.6 is 0 Å². The van der Waals surface area contributed by atoms with Gasteiger partial charge in [0.1, 0.15) is 5.82 Å². The van der Waals surface area contributed by atoms with Crippen LogP contribution in [0.1, 0.15) is 6.04 Å². The van der Waals surface area contributed by atoms with Crippen molar-refractivity contribution in [1.82, 2.24) is 15.1 Å². The molecule has 1 aromatic rings. The van der Waals surface area contributed by atoms with Crippen molar-refractivity contribution in [1.29, 1.82) is 0 Å². The number of sulfonamides is 1. The highest BCUT2D eigenvalue weighted by atomic mass is 32.2. The SMILES string of the molecule is O=S(=O)(CCO)Nc1ccnn1C1CNC1. The lowest BCUT2D eigenvalue weighted by Gasteiger charge is -2.28. The number of hydrogen-bond donors (Lipinski definition) is 3. The van der Waals surface area contributed by atoms with Crippen molar-refractivity contribution in [3.05, 3.63) is 12.3 Å². The van der Waals surface area contributed by atoms with Crippen LogP contribution in [0.25, 0.3) is 0 Å². The van der Waals surface area contributed by atoms with Gasteiger partial charge in [0.05, 0.1) is 24.6 Å². The average Bonchev–Trinajstić information content (AvgIpc) is 2.49. The molecule has 90 valence electrons. The highest BCUT2D eigenvalue weighted by Crippen LogP contribution is 2.18. The van der Waals surface area contributed by atoms with Gasteiger partial charge in [-0.3, -0.25) is 4.72 Å². The van der Waals surface area contributed by atoms with Gasteiger partial charge < -0.3 is 10.4 Å². The van der Waals surface area contributed by atoms with Gasteiger partial charge in [0, 0.05) is 19.2 Å². The quantitative estimate of drug-likeness (QED) is 0.604. The van der Waals surface area contributed by atoms with Crippen molar-refractivity contribution in [3.8, 4) is 0 Å². The second kappa shape index (κ2) is 4.40. The van der Waals surface area contributed by atoms with E-state index < -0.39 is 16.6 Å². The van der Waals surface area contributed by atoms with Crippen LogP contribution in [-0.2, 0) is 10.0 Å². The highest BCUT2D eigenvalue weighted by molar-refractivity contribution is 7.92. The Balaban J connectivity index is 2.12. The molecule has 0 atom stereocenters. The molecule has 16 heavy (non-hydrogen) atoms. The second-order valence-corrected chi connectivity index (χ2v) is 5.46. The summed E-state index contributed by atoms with van der Waals surface area (Å²) >= 11 is 0. The number of rotatable bonds is 5. The number of aliphatic hydroxyl groups excluding tert-OH is 1. The molecule has 0 saturated carbocycles. The fourth-order valence-electron chi connectivity index (χ4n) is 1.46. The first-order valence-electron chi connectivity index (χ1n) is 4.98. The minimum Gasteiger partial charge on any atom is -0.395 e. The first-order valence-corrected chi connectivity index (χ1v) is 6.63. The van der Waals surface area contributed by atoms with Gasteiger partial charge in [-0.05, 0) is 0 Å². The minimum atomic E-state index is -3.48. The molecule has 0 aromatic carbocycles. The van der Waals surface area contributed by atoms with Crippen LogP contribution in [0.5, 0.6) is 0 Å². The molecule has 2 rings (SSSR count). The Morgan fingerprint density at radius 1 is 1.62 bits per heavy atom. The van der Waals surface area contributed by atoms with Crippen LogP contribution in [0, 0.1) is 0 Å². The third-order valence-electron chi connectivity index (χ3n) is 2.40. The lowest BCUT2D eigenvalue weighted by atomic mass is 10.2. The van der Waals surface area contributed by atoms with Gasteiger partial charge >= 0.3 is 0 Å². The first-order chi connectivity index (χ1) is 7.62. The predicted molar refractivity (Wildman–Crippen MR) is 58.6 cm³/mol. The van der Waals surface area contributed by atoms with Crippen molar-refractivity contribution in [2.24, 2.45) is 0 Å². The van der Waals surface area contributed by atoms with Crippen molar-refractivity contribution in [3.63, 3.8) is 0 Å². The number of hydrogen-bond acceptors (Lipinski definition) is 5. The zero-order chi connectivity index (χ0) is 11.6. The molecule has 0 unspecified atom stereocenters. The molecule has 1 aliphatic rings. The van der Waals surface area contributed by atoms with E-state index in [1.807, 2.05) is 0 Å². The Morgan fingerprint density at radius 3 is 2.94 bits per heavy atom. The van der Waals surface area contributed by atoms with Crippen LogP contribution < -0.4 is 10.0 Å². The average molecular weight is 246 g/mol. The molecule has 1 aliphatic heterocycles. The molecule has 2 heterocycles. The van der Waals surface area contributed by atoms with Crippen LogP contribution in [-0.4, -0.2) is 48.8 Å². The van der Waals surface area contributed by atoms with Gasteiger partial charge in [0.15, 0.2) is 0 Å². The molecule has 8 heteroatoms. The maximum atomic E-state index is 11.5. The smallest absolute Gasteiger partial charge is 0.236 e. The maximum absolute atomic E-state index is 11.5. The summed E-state index contributed by atoms with van der Waals surface area (Å²) in [5.74, 6) is 0.140. The molecule has 7 nitrogen and oxygen atoms in total. The Hall–Kier alpha value is -1.12. The monoisotopic (exact) mass is 246 g/mol. The molecule has 1 aromatic heterocycles. The molecule has 0 aliphatic carbocycles. The summed E-state index contributed by atoms with van der Waals surface area (Å²) in [6.07, 6.45) is 1.55. The lowest BCUT2D eigenvalue weighted by molar-refractivity contribution is 0.319. The van der Waals surface area contributed by atoms with Crippen molar-refractivity contribution in [2.75, 3.05) is 30.2 Å². The summed E-state index contributed by atoms with van der Waals surface area (Å²) in [6.45, 7) is 1.18. The highest BCUT2D eigenvalue weighted by Gasteiger charge is 2.23.